The van der Waals surface area contributed by atoms with Crippen LogP contribution in [0.1, 0.15) is 73.1 Å². The maximum atomic E-state index is 6.22. The summed E-state index contributed by atoms with van der Waals surface area (Å²) in [5, 5.41) is 0. The van der Waals surface area contributed by atoms with Crippen molar-refractivity contribution >= 4 is 0 Å². The van der Waals surface area contributed by atoms with E-state index in [0.29, 0.717) is 11.8 Å². The molecular weight excluding hydrogens is 296 g/mol. The van der Waals surface area contributed by atoms with Gasteiger partial charge in [-0.05, 0) is 81.3 Å². The van der Waals surface area contributed by atoms with Gasteiger partial charge >= 0.3 is 0 Å². The van der Waals surface area contributed by atoms with Crippen molar-refractivity contribution in [3.63, 3.8) is 0 Å². The standard InChI is InChI=1S/C22H38O2/c1-6-9-19(13-18-10-8-11-23-15-18)20-12-17(3)21(14-20)16-24-22(4,5)7-2/h9,13,17,20-21H,6-8,10-12,14-16H2,1-5H3/b18-13-,19-9+. The summed E-state index contributed by atoms with van der Waals surface area (Å²) >= 11 is 0. The van der Waals surface area contributed by atoms with Crippen LogP contribution in [-0.2, 0) is 9.47 Å². The molecule has 1 heterocycles. The summed E-state index contributed by atoms with van der Waals surface area (Å²) in [7, 11) is 0. The number of hydrogen-bond acceptors (Lipinski definition) is 2. The van der Waals surface area contributed by atoms with Gasteiger partial charge in [-0.3, -0.25) is 0 Å². The molecule has 0 aromatic heterocycles. The Bertz CT molecular complexity index is 439. The summed E-state index contributed by atoms with van der Waals surface area (Å²) in [6.45, 7) is 14.0. The van der Waals surface area contributed by atoms with E-state index in [-0.39, 0.29) is 5.60 Å². The summed E-state index contributed by atoms with van der Waals surface area (Å²) in [5.74, 6) is 2.15. The first-order chi connectivity index (χ1) is 11.4. The molecule has 0 aromatic carbocycles. The monoisotopic (exact) mass is 334 g/mol. The first-order valence-corrected chi connectivity index (χ1v) is 10.1. The lowest BCUT2D eigenvalue weighted by molar-refractivity contribution is -0.0421. The smallest absolute Gasteiger partial charge is 0.0679 e. The highest BCUT2D eigenvalue weighted by atomic mass is 16.5. The summed E-state index contributed by atoms with van der Waals surface area (Å²) in [4.78, 5) is 0. The second-order valence-electron chi connectivity index (χ2n) is 8.40. The molecule has 0 bridgehead atoms. The number of allylic oxidation sites excluding steroid dienone is 3. The van der Waals surface area contributed by atoms with Crippen LogP contribution in [0.3, 0.4) is 0 Å². The van der Waals surface area contributed by atoms with Gasteiger partial charge in [0, 0.05) is 6.61 Å². The van der Waals surface area contributed by atoms with Crippen LogP contribution in [0.5, 0.6) is 0 Å². The summed E-state index contributed by atoms with van der Waals surface area (Å²) in [6.07, 6.45) is 12.1. The molecule has 24 heavy (non-hydrogen) atoms. The van der Waals surface area contributed by atoms with Crippen molar-refractivity contribution in [1.29, 1.82) is 0 Å². The van der Waals surface area contributed by atoms with E-state index in [4.69, 9.17) is 9.47 Å². The zero-order valence-electron chi connectivity index (χ0n) is 16.6. The second kappa shape index (κ2) is 9.20. The highest BCUT2D eigenvalue weighted by Crippen LogP contribution is 2.41. The Morgan fingerprint density at radius 2 is 2.08 bits per heavy atom. The number of hydrogen-bond donors (Lipinski definition) is 0. The lowest BCUT2D eigenvalue weighted by Gasteiger charge is -2.27. The average Bonchev–Trinajstić information content (AvgIpc) is 2.95. The van der Waals surface area contributed by atoms with Crippen LogP contribution >= 0.6 is 0 Å². The first kappa shape index (κ1) is 19.7. The van der Waals surface area contributed by atoms with Gasteiger partial charge in [-0.25, -0.2) is 0 Å². The Hall–Kier alpha value is -0.600. The molecule has 2 fully saturated rings. The van der Waals surface area contributed by atoms with Crippen molar-refractivity contribution in [2.75, 3.05) is 19.8 Å². The van der Waals surface area contributed by atoms with Crippen molar-refractivity contribution < 1.29 is 9.47 Å². The van der Waals surface area contributed by atoms with E-state index in [2.05, 4.69) is 46.8 Å². The predicted octanol–water partition coefficient (Wildman–Crippen LogP) is 5.93. The van der Waals surface area contributed by atoms with Gasteiger partial charge in [0.25, 0.3) is 0 Å². The molecule has 2 nitrogen and oxygen atoms in total. The van der Waals surface area contributed by atoms with E-state index in [1.54, 1.807) is 5.57 Å². The molecule has 3 unspecified atom stereocenters. The predicted molar refractivity (Wildman–Crippen MR) is 102 cm³/mol. The van der Waals surface area contributed by atoms with Gasteiger partial charge < -0.3 is 9.47 Å². The second-order valence-corrected chi connectivity index (χ2v) is 8.40. The van der Waals surface area contributed by atoms with Gasteiger partial charge in [-0.1, -0.05) is 32.9 Å². The van der Waals surface area contributed by atoms with Gasteiger partial charge in [0.15, 0.2) is 0 Å². The van der Waals surface area contributed by atoms with Crippen molar-refractivity contribution in [3.05, 3.63) is 23.3 Å². The van der Waals surface area contributed by atoms with Gasteiger partial charge in [-0.15, -0.1) is 0 Å². The topological polar surface area (TPSA) is 18.5 Å². The average molecular weight is 335 g/mol. The van der Waals surface area contributed by atoms with Crippen molar-refractivity contribution in [2.45, 2.75) is 78.7 Å². The molecule has 1 saturated heterocycles. The normalized spacial score (nSPS) is 31.0. The summed E-state index contributed by atoms with van der Waals surface area (Å²) in [5.41, 5.74) is 3.06. The third-order valence-corrected chi connectivity index (χ3v) is 5.94. The van der Waals surface area contributed by atoms with Crippen LogP contribution in [0.25, 0.3) is 0 Å². The molecule has 2 rings (SSSR count). The Morgan fingerprint density at radius 3 is 2.71 bits per heavy atom. The van der Waals surface area contributed by atoms with E-state index < -0.39 is 0 Å². The summed E-state index contributed by atoms with van der Waals surface area (Å²) in [6, 6.07) is 0. The van der Waals surface area contributed by atoms with Crippen LogP contribution in [0.15, 0.2) is 23.3 Å². The van der Waals surface area contributed by atoms with Gasteiger partial charge in [0.2, 0.25) is 0 Å². The van der Waals surface area contributed by atoms with Gasteiger partial charge in [0.05, 0.1) is 18.8 Å². The number of rotatable bonds is 7. The van der Waals surface area contributed by atoms with Gasteiger partial charge in [0.1, 0.15) is 0 Å². The molecule has 0 radical (unpaired) electrons. The maximum absolute atomic E-state index is 6.22. The van der Waals surface area contributed by atoms with Crippen molar-refractivity contribution in [3.8, 4) is 0 Å². The zero-order valence-corrected chi connectivity index (χ0v) is 16.6. The quantitative estimate of drug-likeness (QED) is 0.574. The SMILES string of the molecule is CC/C=C(\C=C1\CCCOC1)C1CC(C)C(COC(C)(C)CC)C1. The third-order valence-electron chi connectivity index (χ3n) is 5.94. The third kappa shape index (κ3) is 5.74. The Labute approximate surface area is 149 Å². The molecule has 0 amide bonds. The summed E-state index contributed by atoms with van der Waals surface area (Å²) < 4.78 is 11.9. The largest absolute Gasteiger partial charge is 0.377 e. The Morgan fingerprint density at radius 1 is 1.29 bits per heavy atom. The lowest BCUT2D eigenvalue weighted by atomic mass is 9.92. The van der Waals surface area contributed by atoms with Gasteiger partial charge in [-0.2, -0.15) is 0 Å². The Balaban J connectivity index is 1.98. The lowest BCUT2D eigenvalue weighted by Crippen LogP contribution is -2.27. The molecule has 1 saturated carbocycles. The molecular formula is C22H38O2. The minimum Gasteiger partial charge on any atom is -0.377 e. The van der Waals surface area contributed by atoms with Crippen LogP contribution in [0, 0.1) is 17.8 Å². The molecule has 1 aliphatic carbocycles. The zero-order chi connectivity index (χ0) is 17.6. The highest BCUT2D eigenvalue weighted by molar-refractivity contribution is 5.28. The van der Waals surface area contributed by atoms with E-state index in [9.17, 15) is 0 Å². The molecule has 0 spiro atoms. The minimum atomic E-state index is 0.0152. The molecule has 0 N–H and O–H groups in total. The minimum absolute atomic E-state index is 0.0152. The first-order valence-electron chi connectivity index (χ1n) is 10.1. The molecule has 2 aliphatic rings. The molecule has 138 valence electrons. The number of ether oxygens (including phenoxy) is 2. The fourth-order valence-electron chi connectivity index (χ4n) is 3.88. The van der Waals surface area contributed by atoms with Crippen LogP contribution < -0.4 is 0 Å². The van der Waals surface area contributed by atoms with Crippen molar-refractivity contribution in [2.24, 2.45) is 17.8 Å². The van der Waals surface area contributed by atoms with Crippen molar-refractivity contribution in [1.82, 2.24) is 0 Å². The highest BCUT2D eigenvalue weighted by Gasteiger charge is 2.34. The molecule has 3 atom stereocenters. The maximum Gasteiger partial charge on any atom is 0.0679 e. The van der Waals surface area contributed by atoms with Crippen LogP contribution in [0.4, 0.5) is 0 Å². The van der Waals surface area contributed by atoms with Crippen LogP contribution in [-0.4, -0.2) is 25.4 Å². The van der Waals surface area contributed by atoms with E-state index in [1.165, 1.54) is 31.3 Å². The van der Waals surface area contributed by atoms with Crippen LogP contribution in [0.2, 0.25) is 0 Å². The molecule has 2 heteroatoms. The Kier molecular flexibility index (Phi) is 7.56. The van der Waals surface area contributed by atoms with E-state index >= 15 is 0 Å². The molecule has 1 aliphatic heterocycles. The molecule has 0 aromatic rings. The van der Waals surface area contributed by atoms with E-state index in [0.717, 1.165) is 38.6 Å². The van der Waals surface area contributed by atoms with E-state index in [1.807, 2.05) is 0 Å². The fourth-order valence-corrected chi connectivity index (χ4v) is 3.88. The fraction of sp³-hybridized carbons (Fsp3) is 0.818.